The molecule has 0 fully saturated rings. The Hall–Kier alpha value is -3.77. The number of benzene rings is 1. The lowest BCUT2D eigenvalue weighted by Crippen LogP contribution is -2.58. The fraction of sp³-hybridized carbons (Fsp3) is 0.519. The van der Waals surface area contributed by atoms with Crippen LogP contribution in [0.4, 0.5) is 0 Å². The fourth-order valence-corrected chi connectivity index (χ4v) is 4.03. The van der Waals surface area contributed by atoms with Gasteiger partial charge < -0.3 is 37.5 Å². The van der Waals surface area contributed by atoms with E-state index >= 15 is 0 Å². The molecule has 12 heteroatoms. The van der Waals surface area contributed by atoms with Crippen molar-refractivity contribution in [3.63, 3.8) is 0 Å². The zero-order chi connectivity index (χ0) is 28.8. The van der Waals surface area contributed by atoms with Crippen LogP contribution in [0.5, 0.6) is 0 Å². The first-order valence-corrected chi connectivity index (χ1v) is 13.3. The van der Waals surface area contributed by atoms with E-state index in [-0.39, 0.29) is 25.2 Å². The van der Waals surface area contributed by atoms with Gasteiger partial charge in [-0.05, 0) is 37.3 Å². The van der Waals surface area contributed by atoms with Gasteiger partial charge in [0.05, 0.1) is 18.1 Å². The van der Waals surface area contributed by atoms with E-state index in [1.54, 1.807) is 13.1 Å². The van der Waals surface area contributed by atoms with Gasteiger partial charge in [-0.3, -0.25) is 14.4 Å². The number of hydrogen-bond acceptors (Lipinski definition) is 7. The number of carboxylic acids is 1. The third-order valence-electron chi connectivity index (χ3n) is 6.59. The van der Waals surface area contributed by atoms with Crippen molar-refractivity contribution in [1.82, 2.24) is 25.9 Å². The number of hydrogen-bond donors (Lipinski definition) is 7. The summed E-state index contributed by atoms with van der Waals surface area (Å²) in [4.78, 5) is 58.2. The van der Waals surface area contributed by atoms with Gasteiger partial charge in [0.15, 0.2) is 0 Å². The molecule has 0 aliphatic rings. The molecule has 0 saturated carbocycles. The van der Waals surface area contributed by atoms with Gasteiger partial charge in [0, 0.05) is 19.0 Å². The van der Waals surface area contributed by atoms with Gasteiger partial charge in [0.2, 0.25) is 17.7 Å². The third-order valence-corrected chi connectivity index (χ3v) is 6.59. The van der Waals surface area contributed by atoms with Crippen LogP contribution in [0.2, 0.25) is 0 Å². The highest BCUT2D eigenvalue weighted by Crippen LogP contribution is 2.11. The number of unbranched alkanes of at least 4 members (excludes halogenated alkanes) is 1. The third kappa shape index (κ3) is 10.5. The zero-order valence-corrected chi connectivity index (χ0v) is 22.6. The molecule has 12 nitrogen and oxygen atoms in total. The Kier molecular flexibility index (Phi) is 13.1. The summed E-state index contributed by atoms with van der Waals surface area (Å²) in [5.74, 6) is -3.19. The van der Waals surface area contributed by atoms with Gasteiger partial charge >= 0.3 is 5.97 Å². The molecule has 0 spiro atoms. The number of carboxylic acid groups (broad SMARTS) is 1. The van der Waals surface area contributed by atoms with Crippen molar-refractivity contribution < 1.29 is 24.3 Å². The summed E-state index contributed by atoms with van der Waals surface area (Å²) in [7, 11) is 0. The van der Waals surface area contributed by atoms with Crippen LogP contribution >= 0.6 is 0 Å². The lowest BCUT2D eigenvalue weighted by atomic mass is 9.98. The molecule has 39 heavy (non-hydrogen) atoms. The van der Waals surface area contributed by atoms with Crippen LogP contribution in [0.25, 0.3) is 0 Å². The highest BCUT2D eigenvalue weighted by atomic mass is 16.4. The predicted molar refractivity (Wildman–Crippen MR) is 146 cm³/mol. The Morgan fingerprint density at radius 3 is 2.23 bits per heavy atom. The Bertz CT molecular complexity index is 1050. The monoisotopic (exact) mass is 543 g/mol. The Morgan fingerprint density at radius 1 is 0.974 bits per heavy atom. The maximum atomic E-state index is 13.5. The maximum absolute atomic E-state index is 13.5. The minimum Gasteiger partial charge on any atom is -0.480 e. The van der Waals surface area contributed by atoms with Gasteiger partial charge in [-0.2, -0.15) is 0 Å². The van der Waals surface area contributed by atoms with Gasteiger partial charge in [0.1, 0.15) is 18.1 Å². The Balaban J connectivity index is 2.21. The number of nitrogens with zero attached hydrogens (tertiary/aromatic N) is 1. The minimum absolute atomic E-state index is 0.162. The van der Waals surface area contributed by atoms with Crippen molar-refractivity contribution >= 4 is 23.7 Å². The van der Waals surface area contributed by atoms with E-state index < -0.39 is 47.9 Å². The quantitative estimate of drug-likeness (QED) is 0.137. The summed E-state index contributed by atoms with van der Waals surface area (Å²) in [6, 6.07) is 5.04. The van der Waals surface area contributed by atoms with Crippen molar-refractivity contribution in [1.29, 1.82) is 0 Å². The van der Waals surface area contributed by atoms with E-state index in [1.807, 2.05) is 37.3 Å². The molecule has 0 aliphatic carbocycles. The lowest BCUT2D eigenvalue weighted by molar-refractivity contribution is -0.144. The summed E-state index contributed by atoms with van der Waals surface area (Å²) < 4.78 is 0. The number of carbonyl (C=O) groups is 4. The molecule has 0 unspecified atom stereocenters. The summed E-state index contributed by atoms with van der Waals surface area (Å²) in [5.41, 5.74) is 13.1. The van der Waals surface area contributed by atoms with E-state index in [9.17, 15) is 24.3 Å². The molecule has 2 rings (SSSR count). The molecular weight excluding hydrogens is 502 g/mol. The number of imidazole rings is 1. The molecule has 2 aromatic rings. The van der Waals surface area contributed by atoms with Crippen molar-refractivity contribution in [3.05, 3.63) is 54.1 Å². The van der Waals surface area contributed by atoms with E-state index in [0.717, 1.165) is 5.56 Å². The van der Waals surface area contributed by atoms with Crippen molar-refractivity contribution in [2.24, 2.45) is 17.4 Å². The SMILES string of the molecule is CC[C@H](C)[C@H](NC(=O)[C@H](CCCCN)NC(=O)[C@H](Cc1ccccc1)NC(=O)[C@@H](N)Cc1c[nH]cn1)C(=O)O. The summed E-state index contributed by atoms with van der Waals surface area (Å²) in [6.07, 6.45) is 5.42. The summed E-state index contributed by atoms with van der Waals surface area (Å²) in [6.45, 7) is 3.98. The Morgan fingerprint density at radius 2 is 1.64 bits per heavy atom. The van der Waals surface area contributed by atoms with E-state index in [0.29, 0.717) is 31.5 Å². The predicted octanol–water partition coefficient (Wildman–Crippen LogP) is 0.236. The Labute approximate surface area is 228 Å². The van der Waals surface area contributed by atoms with E-state index in [4.69, 9.17) is 11.5 Å². The molecule has 0 aliphatic heterocycles. The first-order valence-electron chi connectivity index (χ1n) is 13.3. The molecule has 1 aromatic heterocycles. The van der Waals surface area contributed by atoms with Crippen molar-refractivity contribution in [2.75, 3.05) is 6.54 Å². The van der Waals surface area contributed by atoms with E-state index in [1.165, 1.54) is 6.33 Å². The van der Waals surface area contributed by atoms with Crippen LogP contribution in [0.3, 0.4) is 0 Å². The van der Waals surface area contributed by atoms with Crippen molar-refractivity contribution in [3.8, 4) is 0 Å². The van der Waals surface area contributed by atoms with Crippen LogP contribution in [0.1, 0.15) is 50.8 Å². The number of nitrogens with two attached hydrogens (primary N) is 2. The number of H-pyrrole nitrogens is 1. The highest BCUT2D eigenvalue weighted by Gasteiger charge is 2.32. The summed E-state index contributed by atoms with van der Waals surface area (Å²) >= 11 is 0. The van der Waals surface area contributed by atoms with Gasteiger partial charge in [-0.15, -0.1) is 0 Å². The molecule has 214 valence electrons. The maximum Gasteiger partial charge on any atom is 0.326 e. The first-order chi connectivity index (χ1) is 18.7. The smallest absolute Gasteiger partial charge is 0.326 e. The molecule has 3 amide bonds. The highest BCUT2D eigenvalue weighted by molar-refractivity contribution is 5.94. The van der Waals surface area contributed by atoms with Crippen LogP contribution < -0.4 is 27.4 Å². The normalized spacial score (nSPS) is 14.9. The standard InChI is InChI=1S/C27H41N7O5/c1-3-17(2)23(27(38)39)34-25(36)21(11-7-8-12-28)32-26(37)22(13-18-9-5-4-6-10-18)33-24(35)20(29)14-19-15-30-16-31-19/h4-6,9-10,15-17,20-23H,3,7-8,11-14,28-29H2,1-2H3,(H,30,31)(H,32,37)(H,33,35)(H,34,36)(H,38,39)/t17-,20-,21-,22-,23-/m0/s1. The number of aliphatic carboxylic acids is 1. The zero-order valence-electron chi connectivity index (χ0n) is 22.6. The topological polar surface area (TPSA) is 205 Å². The van der Waals surface area contributed by atoms with Crippen LogP contribution in [0, 0.1) is 5.92 Å². The number of aromatic nitrogens is 2. The second-order valence-electron chi connectivity index (χ2n) is 9.68. The van der Waals surface area contributed by atoms with Gasteiger partial charge in [-0.1, -0.05) is 50.6 Å². The average molecular weight is 544 g/mol. The molecule has 0 radical (unpaired) electrons. The molecule has 1 aromatic carbocycles. The van der Waals surface area contributed by atoms with Crippen LogP contribution in [0.15, 0.2) is 42.9 Å². The lowest BCUT2D eigenvalue weighted by Gasteiger charge is -2.26. The number of rotatable bonds is 17. The molecule has 5 atom stereocenters. The molecule has 1 heterocycles. The first kappa shape index (κ1) is 31.4. The molecular formula is C27H41N7O5. The average Bonchev–Trinajstić information content (AvgIpc) is 3.43. The van der Waals surface area contributed by atoms with Crippen LogP contribution in [-0.2, 0) is 32.0 Å². The van der Waals surface area contributed by atoms with Crippen molar-refractivity contribution in [2.45, 2.75) is 76.5 Å². The summed E-state index contributed by atoms with van der Waals surface area (Å²) in [5, 5.41) is 17.6. The van der Waals surface area contributed by atoms with Gasteiger partial charge in [0.25, 0.3) is 0 Å². The number of amides is 3. The molecule has 0 saturated heterocycles. The largest absolute Gasteiger partial charge is 0.480 e. The number of aromatic amines is 1. The second kappa shape index (κ2) is 16.2. The minimum atomic E-state index is -1.15. The van der Waals surface area contributed by atoms with Crippen LogP contribution in [-0.4, -0.2) is 69.5 Å². The molecule has 9 N–H and O–H groups in total. The van der Waals surface area contributed by atoms with Gasteiger partial charge in [-0.25, -0.2) is 9.78 Å². The fourth-order valence-electron chi connectivity index (χ4n) is 4.03. The second-order valence-corrected chi connectivity index (χ2v) is 9.68. The number of carbonyl (C=O) groups excluding carboxylic acids is 3. The van der Waals surface area contributed by atoms with E-state index in [2.05, 4.69) is 25.9 Å². The number of nitrogens with one attached hydrogen (secondary N) is 4. The molecule has 0 bridgehead atoms.